The standard InChI is InChI=1S/C23H21N5O4/c1-31-23(30)15-4-2-5-16(12-15)28-14-19(25-26-28)17-6-3-7-18-20(29)13-21(24-22(17)18)27-8-10-32-11-9-27/h2-7,12-14H,8-11H2,1H3,(H,24,29). The van der Waals surface area contributed by atoms with Crippen LogP contribution in [0.5, 0.6) is 0 Å². The van der Waals surface area contributed by atoms with E-state index in [-0.39, 0.29) is 5.43 Å². The maximum atomic E-state index is 12.8. The van der Waals surface area contributed by atoms with E-state index in [4.69, 9.17) is 9.47 Å². The molecule has 1 aliphatic rings. The molecule has 5 rings (SSSR count). The number of aromatic nitrogens is 4. The van der Waals surface area contributed by atoms with E-state index in [1.165, 1.54) is 7.11 Å². The number of pyridine rings is 1. The van der Waals surface area contributed by atoms with E-state index in [2.05, 4.69) is 20.2 Å². The quantitative estimate of drug-likeness (QED) is 0.495. The van der Waals surface area contributed by atoms with Gasteiger partial charge in [-0.05, 0) is 24.3 Å². The Morgan fingerprint density at radius 1 is 1.12 bits per heavy atom. The van der Waals surface area contributed by atoms with Crippen LogP contribution < -0.4 is 10.3 Å². The summed E-state index contributed by atoms with van der Waals surface area (Å²) in [5.41, 5.74) is 3.12. The lowest BCUT2D eigenvalue weighted by Gasteiger charge is -2.28. The number of aromatic amines is 1. The molecule has 0 unspecified atom stereocenters. The van der Waals surface area contributed by atoms with Gasteiger partial charge < -0.3 is 19.4 Å². The van der Waals surface area contributed by atoms with Crippen molar-refractivity contribution in [3.8, 4) is 16.9 Å². The second-order valence-electron chi connectivity index (χ2n) is 7.44. The number of hydrogen-bond acceptors (Lipinski definition) is 7. The van der Waals surface area contributed by atoms with Crippen molar-refractivity contribution < 1.29 is 14.3 Å². The van der Waals surface area contributed by atoms with Gasteiger partial charge in [-0.1, -0.05) is 23.4 Å². The minimum absolute atomic E-state index is 0.0553. The van der Waals surface area contributed by atoms with Crippen molar-refractivity contribution >= 4 is 22.7 Å². The third kappa shape index (κ3) is 3.63. The molecule has 1 N–H and O–H groups in total. The molecule has 2 aromatic carbocycles. The molecule has 4 aromatic rings. The summed E-state index contributed by atoms with van der Waals surface area (Å²) in [6.07, 6.45) is 1.77. The summed E-state index contributed by atoms with van der Waals surface area (Å²) in [5, 5.41) is 9.13. The number of methoxy groups -OCH3 is 1. The van der Waals surface area contributed by atoms with Crippen molar-refractivity contribution in [2.45, 2.75) is 0 Å². The van der Waals surface area contributed by atoms with Crippen LogP contribution in [0.2, 0.25) is 0 Å². The predicted octanol–water partition coefficient (Wildman–Crippen LogP) is 2.40. The summed E-state index contributed by atoms with van der Waals surface area (Å²) in [6.45, 7) is 2.69. The van der Waals surface area contributed by atoms with Crippen molar-refractivity contribution in [1.29, 1.82) is 0 Å². The third-order valence-electron chi connectivity index (χ3n) is 5.50. The first-order valence-corrected chi connectivity index (χ1v) is 10.2. The lowest BCUT2D eigenvalue weighted by atomic mass is 10.1. The lowest BCUT2D eigenvalue weighted by Crippen LogP contribution is -2.37. The van der Waals surface area contributed by atoms with E-state index < -0.39 is 5.97 Å². The molecule has 162 valence electrons. The van der Waals surface area contributed by atoms with E-state index in [1.807, 2.05) is 18.2 Å². The lowest BCUT2D eigenvalue weighted by molar-refractivity contribution is 0.0600. The zero-order chi connectivity index (χ0) is 22.1. The summed E-state index contributed by atoms with van der Waals surface area (Å²) in [7, 11) is 1.34. The molecule has 9 nitrogen and oxygen atoms in total. The van der Waals surface area contributed by atoms with Crippen molar-refractivity contribution in [1.82, 2.24) is 20.0 Å². The molecule has 0 amide bonds. The van der Waals surface area contributed by atoms with Crippen LogP contribution in [0.15, 0.2) is 59.5 Å². The fourth-order valence-electron chi connectivity index (χ4n) is 3.85. The molecule has 0 spiro atoms. The van der Waals surface area contributed by atoms with Gasteiger partial charge in [-0.25, -0.2) is 9.48 Å². The smallest absolute Gasteiger partial charge is 0.337 e. The maximum Gasteiger partial charge on any atom is 0.337 e. The van der Waals surface area contributed by atoms with E-state index in [0.717, 1.165) is 24.5 Å². The summed E-state index contributed by atoms with van der Waals surface area (Å²) < 4.78 is 11.8. The van der Waals surface area contributed by atoms with E-state index in [9.17, 15) is 9.59 Å². The van der Waals surface area contributed by atoms with Crippen molar-refractivity contribution in [2.24, 2.45) is 0 Å². The number of para-hydroxylation sites is 1. The number of hydrogen-bond donors (Lipinski definition) is 1. The summed E-state index contributed by atoms with van der Waals surface area (Å²) in [5.74, 6) is 0.339. The molecule has 1 fully saturated rings. The molecule has 1 aliphatic heterocycles. The van der Waals surface area contributed by atoms with Gasteiger partial charge in [-0.2, -0.15) is 0 Å². The van der Waals surface area contributed by atoms with Crippen molar-refractivity contribution in [2.75, 3.05) is 38.3 Å². The van der Waals surface area contributed by atoms with Crippen LogP contribution in [0.1, 0.15) is 10.4 Å². The number of rotatable bonds is 4. The highest BCUT2D eigenvalue weighted by Gasteiger charge is 2.17. The normalized spacial score (nSPS) is 14.0. The highest BCUT2D eigenvalue weighted by atomic mass is 16.5. The molecule has 9 heteroatoms. The molecule has 3 heterocycles. The van der Waals surface area contributed by atoms with Crippen LogP contribution in [-0.2, 0) is 9.47 Å². The number of carbonyl (C=O) groups excluding carboxylic acids is 1. The van der Waals surface area contributed by atoms with Crippen LogP contribution >= 0.6 is 0 Å². The van der Waals surface area contributed by atoms with Crippen LogP contribution in [0.25, 0.3) is 27.8 Å². The molecule has 0 atom stereocenters. The van der Waals surface area contributed by atoms with Crippen LogP contribution in [0.4, 0.5) is 5.82 Å². The summed E-state index contributed by atoms with van der Waals surface area (Å²) in [4.78, 5) is 30.2. The third-order valence-corrected chi connectivity index (χ3v) is 5.50. The number of carbonyl (C=O) groups is 1. The molecule has 2 aromatic heterocycles. The predicted molar refractivity (Wildman–Crippen MR) is 119 cm³/mol. The number of fused-ring (bicyclic) bond motifs is 1. The minimum Gasteiger partial charge on any atom is -0.465 e. The van der Waals surface area contributed by atoms with E-state index in [1.54, 1.807) is 41.2 Å². The first-order valence-electron chi connectivity index (χ1n) is 10.2. The highest BCUT2D eigenvalue weighted by Crippen LogP contribution is 2.27. The van der Waals surface area contributed by atoms with Gasteiger partial charge in [0.25, 0.3) is 0 Å². The number of morpholine rings is 1. The van der Waals surface area contributed by atoms with Crippen LogP contribution in [-0.4, -0.2) is 59.4 Å². The monoisotopic (exact) mass is 431 g/mol. The largest absolute Gasteiger partial charge is 0.465 e. The van der Waals surface area contributed by atoms with Gasteiger partial charge in [0, 0.05) is 30.1 Å². The Balaban J connectivity index is 1.57. The molecular weight excluding hydrogens is 410 g/mol. The Hall–Kier alpha value is -3.98. The van der Waals surface area contributed by atoms with Crippen molar-refractivity contribution in [3.63, 3.8) is 0 Å². The fourth-order valence-corrected chi connectivity index (χ4v) is 3.85. The SMILES string of the molecule is COC(=O)c1cccc(-n2cc(-c3cccc4c(=O)cc(N5CCOCC5)[nH]c34)nn2)c1. The molecule has 0 saturated carbocycles. The molecule has 0 bridgehead atoms. The number of H-pyrrole nitrogens is 1. The van der Waals surface area contributed by atoms with Crippen LogP contribution in [0.3, 0.4) is 0 Å². The average molecular weight is 431 g/mol. The van der Waals surface area contributed by atoms with Gasteiger partial charge >= 0.3 is 5.97 Å². The number of nitrogens with one attached hydrogen (secondary N) is 1. The molecule has 32 heavy (non-hydrogen) atoms. The fraction of sp³-hybridized carbons (Fsp3) is 0.217. The number of anilines is 1. The Kier molecular flexibility index (Phi) is 5.16. The number of ether oxygens (including phenoxy) is 2. The first kappa shape index (κ1) is 20.0. The topological polar surface area (TPSA) is 102 Å². The zero-order valence-electron chi connectivity index (χ0n) is 17.4. The summed E-state index contributed by atoms with van der Waals surface area (Å²) in [6, 6.07) is 14.1. The zero-order valence-corrected chi connectivity index (χ0v) is 17.4. The van der Waals surface area contributed by atoms with Crippen molar-refractivity contribution in [3.05, 3.63) is 70.5 Å². The van der Waals surface area contributed by atoms with Crippen LogP contribution in [0, 0.1) is 0 Å². The van der Waals surface area contributed by atoms with Gasteiger partial charge in [0.05, 0.1) is 43.3 Å². The molecular formula is C23H21N5O4. The molecule has 1 saturated heterocycles. The number of nitrogens with zero attached hydrogens (tertiary/aromatic N) is 4. The minimum atomic E-state index is -0.422. The number of benzene rings is 2. The Morgan fingerprint density at radius 2 is 1.94 bits per heavy atom. The van der Waals surface area contributed by atoms with Gasteiger partial charge in [0.2, 0.25) is 0 Å². The van der Waals surface area contributed by atoms with Gasteiger partial charge in [-0.3, -0.25) is 4.79 Å². The van der Waals surface area contributed by atoms with E-state index in [0.29, 0.717) is 41.1 Å². The Bertz CT molecular complexity index is 1350. The van der Waals surface area contributed by atoms with Gasteiger partial charge in [-0.15, -0.1) is 5.10 Å². The number of esters is 1. The van der Waals surface area contributed by atoms with E-state index >= 15 is 0 Å². The maximum absolute atomic E-state index is 12.8. The Morgan fingerprint density at radius 3 is 2.75 bits per heavy atom. The highest BCUT2D eigenvalue weighted by molar-refractivity contribution is 5.93. The Labute approximate surface area is 183 Å². The van der Waals surface area contributed by atoms with Gasteiger partial charge in [0.1, 0.15) is 11.5 Å². The second kappa shape index (κ2) is 8.27. The second-order valence-corrected chi connectivity index (χ2v) is 7.44. The molecule has 0 aliphatic carbocycles. The summed E-state index contributed by atoms with van der Waals surface area (Å²) >= 11 is 0. The van der Waals surface area contributed by atoms with Gasteiger partial charge in [0.15, 0.2) is 5.43 Å². The average Bonchev–Trinajstić information content (AvgIpc) is 3.34. The molecule has 0 radical (unpaired) electrons. The first-order chi connectivity index (χ1) is 15.6.